The molecule has 0 bridgehead atoms. The molecule has 1 fully saturated rings. The Kier molecular flexibility index (Phi) is 7.87. The molecule has 0 heterocycles. The average Bonchev–Trinajstić information content (AvgIpc) is 2.84. The van der Waals surface area contributed by atoms with Crippen molar-refractivity contribution < 1.29 is 48.5 Å². The van der Waals surface area contributed by atoms with Crippen LogP contribution in [0.5, 0.6) is 5.75 Å². The summed E-state index contributed by atoms with van der Waals surface area (Å²) in [4.78, 5) is 80.3. The lowest BCUT2D eigenvalue weighted by molar-refractivity contribution is -0.163. The number of carbonyl (C=O) groups is 6. The van der Waals surface area contributed by atoms with Crippen LogP contribution in [-0.4, -0.2) is 90.3 Å². The molecule has 2 amide bonds. The first-order chi connectivity index (χ1) is 19.5. The van der Waals surface area contributed by atoms with Crippen molar-refractivity contribution in [2.75, 3.05) is 33.1 Å². The summed E-state index contributed by atoms with van der Waals surface area (Å²) >= 11 is 0. The molecule has 0 saturated heterocycles. The van der Waals surface area contributed by atoms with Gasteiger partial charge in [-0.2, -0.15) is 0 Å². The summed E-state index contributed by atoms with van der Waals surface area (Å²) in [5, 5.41) is 25.5. The standard InChI is InChI=1S/C29H33N3O10/c1-12(33)30-28(39)22-25(42-14(3)35)23(32(6)7)17-11-15-10-16-18(31(4)5)8-9-19(41-13(2)34)21(16)24(36)20(15)26(37)29(17,40)27(22)38/h8-9,15,17,23,36,40H,10-11H2,1-7H3,(H,30,33,39)/t15-,17-,23-,29-/m0/s1. The third kappa shape index (κ3) is 4.77. The van der Waals surface area contributed by atoms with Crippen LogP contribution in [0.15, 0.2) is 29.0 Å². The highest BCUT2D eigenvalue weighted by Gasteiger charge is 2.65. The fourth-order valence-corrected chi connectivity index (χ4v) is 6.32. The van der Waals surface area contributed by atoms with Crippen molar-refractivity contribution in [3.63, 3.8) is 0 Å². The number of likely N-dealkylation sites (N-methyl/N-ethyl adjacent to an activating group) is 1. The van der Waals surface area contributed by atoms with E-state index >= 15 is 0 Å². The molecule has 1 saturated carbocycles. The van der Waals surface area contributed by atoms with E-state index in [2.05, 4.69) is 0 Å². The van der Waals surface area contributed by atoms with Crippen LogP contribution < -0.4 is 15.0 Å². The topological polar surface area (TPSA) is 180 Å². The minimum atomic E-state index is -2.86. The second-order valence-electron chi connectivity index (χ2n) is 11.1. The van der Waals surface area contributed by atoms with Gasteiger partial charge in [0.1, 0.15) is 22.8 Å². The highest BCUT2D eigenvalue weighted by atomic mass is 16.5. The first kappa shape index (κ1) is 30.6. The number of fused-ring (bicyclic) bond motifs is 3. The molecule has 13 nitrogen and oxygen atoms in total. The molecule has 4 atom stereocenters. The summed E-state index contributed by atoms with van der Waals surface area (Å²) in [6.07, 6.45) is 0.140. The molecule has 3 aliphatic rings. The highest BCUT2D eigenvalue weighted by molar-refractivity contribution is 6.34. The van der Waals surface area contributed by atoms with Crippen molar-refractivity contribution in [2.45, 2.75) is 45.3 Å². The molecule has 0 unspecified atom stereocenters. The van der Waals surface area contributed by atoms with E-state index in [1.807, 2.05) is 5.32 Å². The number of rotatable bonds is 5. The smallest absolute Gasteiger partial charge is 0.308 e. The Hall–Kier alpha value is -4.36. The number of nitrogens with one attached hydrogen (secondary N) is 1. The predicted octanol–water partition coefficient (Wildman–Crippen LogP) is 0.432. The number of benzene rings is 1. The molecule has 3 N–H and O–H groups in total. The number of aliphatic hydroxyl groups is 2. The molecule has 1 aromatic rings. The van der Waals surface area contributed by atoms with Crippen LogP contribution in [0, 0.1) is 11.8 Å². The number of imide groups is 1. The van der Waals surface area contributed by atoms with E-state index in [0.717, 1.165) is 13.8 Å². The zero-order valence-corrected chi connectivity index (χ0v) is 24.4. The van der Waals surface area contributed by atoms with Crippen molar-refractivity contribution in [3.8, 4) is 5.75 Å². The van der Waals surface area contributed by atoms with E-state index in [4.69, 9.17) is 9.47 Å². The predicted molar refractivity (Wildman–Crippen MR) is 147 cm³/mol. The fourth-order valence-electron chi connectivity index (χ4n) is 6.32. The SMILES string of the molecule is CC(=O)NC(=O)C1=C(OC(C)=O)[C@@H](N(C)C)[C@@H]2C[C@@H]3Cc4c(N(C)C)ccc(OC(C)=O)c4C(O)=C3C(=O)[C@]2(O)C1=O. The van der Waals surface area contributed by atoms with Gasteiger partial charge in [-0.1, -0.05) is 0 Å². The zero-order chi connectivity index (χ0) is 31.4. The minimum Gasteiger partial charge on any atom is -0.507 e. The van der Waals surface area contributed by atoms with Crippen LogP contribution in [0.25, 0.3) is 5.76 Å². The van der Waals surface area contributed by atoms with E-state index in [1.54, 1.807) is 39.2 Å². The summed E-state index contributed by atoms with van der Waals surface area (Å²) in [6, 6.07) is 2.06. The van der Waals surface area contributed by atoms with Crippen molar-refractivity contribution in [3.05, 3.63) is 40.2 Å². The van der Waals surface area contributed by atoms with E-state index in [1.165, 1.54) is 17.9 Å². The first-order valence-corrected chi connectivity index (χ1v) is 13.2. The molecular weight excluding hydrogens is 550 g/mol. The van der Waals surface area contributed by atoms with Gasteiger partial charge in [0.2, 0.25) is 17.5 Å². The van der Waals surface area contributed by atoms with Gasteiger partial charge in [-0.3, -0.25) is 39.0 Å². The maximum atomic E-state index is 14.2. The van der Waals surface area contributed by atoms with Gasteiger partial charge in [0.05, 0.1) is 11.6 Å². The Balaban J connectivity index is 1.99. The quantitative estimate of drug-likeness (QED) is 0.189. The van der Waals surface area contributed by atoms with Crippen molar-refractivity contribution in [1.82, 2.24) is 10.2 Å². The van der Waals surface area contributed by atoms with Gasteiger partial charge < -0.3 is 24.6 Å². The largest absolute Gasteiger partial charge is 0.507 e. The summed E-state index contributed by atoms with van der Waals surface area (Å²) in [7, 11) is 6.69. The highest BCUT2D eigenvalue weighted by Crippen LogP contribution is 2.53. The number of carbonyl (C=O) groups excluding carboxylic acids is 6. The van der Waals surface area contributed by atoms with Gasteiger partial charge in [-0.15, -0.1) is 0 Å². The summed E-state index contributed by atoms with van der Waals surface area (Å²) in [5.74, 6) is -8.97. The lowest BCUT2D eigenvalue weighted by atomic mass is 9.57. The van der Waals surface area contributed by atoms with Crippen LogP contribution in [0.2, 0.25) is 0 Å². The number of amides is 2. The number of esters is 2. The first-order valence-electron chi connectivity index (χ1n) is 13.2. The molecule has 0 spiro atoms. The van der Waals surface area contributed by atoms with Crippen LogP contribution in [0.1, 0.15) is 38.3 Å². The van der Waals surface area contributed by atoms with Crippen molar-refractivity contribution >= 4 is 46.8 Å². The summed E-state index contributed by atoms with van der Waals surface area (Å²) in [5.41, 5.74) is -2.61. The average molecular weight is 584 g/mol. The molecule has 224 valence electrons. The van der Waals surface area contributed by atoms with Gasteiger partial charge in [0.25, 0.3) is 5.91 Å². The maximum Gasteiger partial charge on any atom is 0.308 e. The second-order valence-corrected chi connectivity index (χ2v) is 11.1. The monoisotopic (exact) mass is 583 g/mol. The van der Waals surface area contributed by atoms with Crippen LogP contribution >= 0.6 is 0 Å². The Morgan fingerprint density at radius 1 is 0.976 bits per heavy atom. The number of Topliss-reactive ketones (excluding diaryl/α,β-unsaturated/α-hetero) is 2. The summed E-state index contributed by atoms with van der Waals surface area (Å²) < 4.78 is 10.7. The van der Waals surface area contributed by atoms with Gasteiger partial charge in [0, 0.05) is 52.0 Å². The van der Waals surface area contributed by atoms with Crippen LogP contribution in [-0.2, 0) is 39.9 Å². The number of anilines is 1. The van der Waals surface area contributed by atoms with Gasteiger partial charge >= 0.3 is 11.9 Å². The van der Waals surface area contributed by atoms with Gasteiger partial charge in [0.15, 0.2) is 5.60 Å². The number of ether oxygens (including phenoxy) is 2. The molecule has 13 heteroatoms. The van der Waals surface area contributed by atoms with Crippen molar-refractivity contribution in [1.29, 1.82) is 0 Å². The maximum absolute atomic E-state index is 14.2. The Bertz CT molecular complexity index is 1500. The molecule has 1 aromatic carbocycles. The number of ketones is 2. The summed E-state index contributed by atoms with van der Waals surface area (Å²) in [6.45, 7) is 3.28. The van der Waals surface area contributed by atoms with E-state index in [9.17, 15) is 39.0 Å². The zero-order valence-electron chi connectivity index (χ0n) is 24.4. The van der Waals surface area contributed by atoms with Crippen LogP contribution in [0.4, 0.5) is 5.69 Å². The molecule has 0 aliphatic heterocycles. The fraction of sp³-hybridized carbons (Fsp3) is 0.448. The van der Waals surface area contributed by atoms with E-state index < -0.39 is 75.9 Å². The second kappa shape index (κ2) is 10.8. The van der Waals surface area contributed by atoms with E-state index in [-0.39, 0.29) is 29.7 Å². The number of hydrogen-bond acceptors (Lipinski definition) is 12. The Morgan fingerprint density at radius 3 is 2.12 bits per heavy atom. The number of nitrogens with zero attached hydrogens (tertiary/aromatic N) is 2. The minimum absolute atomic E-state index is 0.00633. The Morgan fingerprint density at radius 2 is 1.60 bits per heavy atom. The van der Waals surface area contributed by atoms with Gasteiger partial charge in [-0.05, 0) is 50.6 Å². The van der Waals surface area contributed by atoms with Gasteiger partial charge in [-0.25, -0.2) is 0 Å². The number of aliphatic hydroxyl groups excluding tert-OH is 1. The third-order valence-electron chi connectivity index (χ3n) is 7.80. The molecule has 4 rings (SSSR count). The molecule has 3 aliphatic carbocycles. The van der Waals surface area contributed by atoms with E-state index in [0.29, 0.717) is 11.3 Å². The lowest BCUT2D eigenvalue weighted by Gasteiger charge is -2.50. The molecule has 0 aromatic heterocycles. The lowest BCUT2D eigenvalue weighted by Crippen LogP contribution is -2.67. The molecule has 0 radical (unpaired) electrons. The van der Waals surface area contributed by atoms with Crippen LogP contribution in [0.3, 0.4) is 0 Å². The third-order valence-corrected chi connectivity index (χ3v) is 7.80. The molecular formula is C29H33N3O10. The molecule has 42 heavy (non-hydrogen) atoms. The van der Waals surface area contributed by atoms with Crippen molar-refractivity contribution in [2.24, 2.45) is 11.8 Å². The normalized spacial score (nSPS) is 24.9. The number of hydrogen-bond donors (Lipinski definition) is 3. The Labute approximate surface area is 241 Å².